The van der Waals surface area contributed by atoms with Crippen molar-refractivity contribution in [3.63, 3.8) is 0 Å². The molecule has 0 bridgehead atoms. The van der Waals surface area contributed by atoms with Gasteiger partial charge in [-0.1, -0.05) is 0 Å². The van der Waals surface area contributed by atoms with Gasteiger partial charge in [0, 0.05) is 13.1 Å². The maximum atomic E-state index is 5.42. The molecule has 52 valence electrons. The Labute approximate surface area is 55.3 Å². The summed E-state index contributed by atoms with van der Waals surface area (Å²) < 4.78 is 0. The minimum Gasteiger partial charge on any atom is -0.370 e. The van der Waals surface area contributed by atoms with Crippen molar-refractivity contribution in [2.45, 2.75) is 25.3 Å². The van der Waals surface area contributed by atoms with Gasteiger partial charge in [-0.25, -0.2) is 0 Å². The highest BCUT2D eigenvalue weighted by atomic mass is 15.1. The molecule has 0 aromatic heterocycles. The van der Waals surface area contributed by atoms with Gasteiger partial charge in [0.25, 0.3) is 0 Å². The van der Waals surface area contributed by atoms with Crippen LogP contribution in [0.4, 0.5) is 0 Å². The van der Waals surface area contributed by atoms with Crippen LogP contribution in [0.25, 0.3) is 0 Å². The third kappa shape index (κ3) is 1.59. The second-order valence-electron chi connectivity index (χ2n) is 2.38. The second-order valence-corrected chi connectivity index (χ2v) is 2.38. The van der Waals surface area contributed by atoms with Crippen molar-refractivity contribution in [1.29, 1.82) is 0 Å². The summed E-state index contributed by atoms with van der Waals surface area (Å²) in [4.78, 5) is 3.79. The van der Waals surface area contributed by atoms with Crippen LogP contribution >= 0.6 is 0 Å². The number of nitrogens with zero attached hydrogens (tertiary/aromatic N) is 1. The van der Waals surface area contributed by atoms with Crippen molar-refractivity contribution in [1.82, 2.24) is 5.32 Å². The molecule has 0 atom stereocenters. The minimum atomic E-state index is 0.569. The summed E-state index contributed by atoms with van der Waals surface area (Å²) in [6.07, 6.45) is 3.82. The highest BCUT2D eigenvalue weighted by Gasteiger charge is 2.16. The van der Waals surface area contributed by atoms with Crippen LogP contribution in [-0.2, 0) is 0 Å². The Bertz CT molecular complexity index is 115. The highest BCUT2D eigenvalue weighted by molar-refractivity contribution is 5.78. The van der Waals surface area contributed by atoms with Crippen LogP contribution in [0.1, 0.15) is 19.3 Å². The van der Waals surface area contributed by atoms with E-state index in [1.54, 1.807) is 7.05 Å². The molecule has 0 spiro atoms. The topological polar surface area (TPSA) is 50.4 Å². The molecule has 1 fully saturated rings. The molecular formula is C6H13N3. The zero-order valence-corrected chi connectivity index (χ0v) is 5.72. The number of hydrogen-bond acceptors (Lipinski definition) is 1. The van der Waals surface area contributed by atoms with Gasteiger partial charge in [0.2, 0.25) is 0 Å². The van der Waals surface area contributed by atoms with Crippen LogP contribution in [-0.4, -0.2) is 19.0 Å². The van der Waals surface area contributed by atoms with E-state index in [4.69, 9.17) is 5.73 Å². The lowest BCUT2D eigenvalue weighted by atomic mass is 9.93. The number of nitrogens with one attached hydrogen (secondary N) is 1. The molecule has 1 rings (SSSR count). The van der Waals surface area contributed by atoms with E-state index in [-0.39, 0.29) is 0 Å². The SMILES string of the molecule is C/N=C(/N)NC1CCC1. The summed E-state index contributed by atoms with van der Waals surface area (Å²) in [6, 6.07) is 0.605. The lowest BCUT2D eigenvalue weighted by Gasteiger charge is -2.26. The van der Waals surface area contributed by atoms with E-state index in [9.17, 15) is 0 Å². The molecule has 0 aromatic carbocycles. The average Bonchev–Trinajstić information content (AvgIpc) is 1.78. The van der Waals surface area contributed by atoms with Crippen LogP contribution in [0.15, 0.2) is 4.99 Å². The summed E-state index contributed by atoms with van der Waals surface area (Å²) in [5, 5.41) is 3.09. The summed E-state index contributed by atoms with van der Waals surface area (Å²) in [6.45, 7) is 0. The number of hydrogen-bond donors (Lipinski definition) is 2. The zero-order valence-electron chi connectivity index (χ0n) is 5.72. The molecule has 1 aliphatic rings. The van der Waals surface area contributed by atoms with Gasteiger partial charge in [-0.2, -0.15) is 0 Å². The van der Waals surface area contributed by atoms with Gasteiger partial charge in [-0.3, -0.25) is 4.99 Å². The van der Waals surface area contributed by atoms with E-state index in [0.29, 0.717) is 12.0 Å². The minimum absolute atomic E-state index is 0.569. The van der Waals surface area contributed by atoms with Crippen molar-refractivity contribution in [3.05, 3.63) is 0 Å². The third-order valence-electron chi connectivity index (χ3n) is 1.70. The molecule has 0 unspecified atom stereocenters. The summed E-state index contributed by atoms with van der Waals surface area (Å²) in [5.41, 5.74) is 5.42. The van der Waals surface area contributed by atoms with Gasteiger partial charge >= 0.3 is 0 Å². The fourth-order valence-corrected chi connectivity index (χ4v) is 0.826. The van der Waals surface area contributed by atoms with Crippen LogP contribution in [0.2, 0.25) is 0 Å². The van der Waals surface area contributed by atoms with Gasteiger partial charge in [0.1, 0.15) is 0 Å². The number of aliphatic imine (C=N–C) groups is 1. The van der Waals surface area contributed by atoms with Crippen LogP contribution < -0.4 is 11.1 Å². The Kier molecular flexibility index (Phi) is 1.92. The second kappa shape index (κ2) is 2.71. The smallest absolute Gasteiger partial charge is 0.188 e. The molecule has 0 radical (unpaired) electrons. The first kappa shape index (κ1) is 6.39. The predicted octanol–water partition coefficient (Wildman–Crippen LogP) is 0.0730. The average molecular weight is 127 g/mol. The molecule has 3 N–H and O–H groups in total. The lowest BCUT2D eigenvalue weighted by molar-refractivity contribution is 0.382. The highest BCUT2D eigenvalue weighted by Crippen LogP contribution is 2.17. The molecule has 0 heterocycles. The Balaban J connectivity index is 2.16. The molecule has 3 nitrogen and oxygen atoms in total. The van der Waals surface area contributed by atoms with Crippen molar-refractivity contribution < 1.29 is 0 Å². The largest absolute Gasteiger partial charge is 0.370 e. The fraction of sp³-hybridized carbons (Fsp3) is 0.833. The van der Waals surface area contributed by atoms with E-state index in [2.05, 4.69) is 10.3 Å². The molecular weight excluding hydrogens is 114 g/mol. The summed E-state index contributed by atoms with van der Waals surface area (Å²) >= 11 is 0. The molecule has 0 aromatic rings. The van der Waals surface area contributed by atoms with Crippen molar-refractivity contribution >= 4 is 5.96 Å². The molecule has 0 aliphatic heterocycles. The number of rotatable bonds is 1. The summed E-state index contributed by atoms with van der Waals surface area (Å²) in [5.74, 6) is 0.569. The molecule has 9 heavy (non-hydrogen) atoms. The van der Waals surface area contributed by atoms with Gasteiger partial charge < -0.3 is 11.1 Å². The van der Waals surface area contributed by atoms with Crippen LogP contribution in [0.5, 0.6) is 0 Å². The summed E-state index contributed by atoms with van der Waals surface area (Å²) in [7, 11) is 1.70. The number of nitrogens with two attached hydrogens (primary N) is 1. The molecule has 0 amide bonds. The van der Waals surface area contributed by atoms with E-state index in [1.165, 1.54) is 19.3 Å². The van der Waals surface area contributed by atoms with E-state index in [1.807, 2.05) is 0 Å². The number of guanidine groups is 1. The Morgan fingerprint density at radius 1 is 1.67 bits per heavy atom. The van der Waals surface area contributed by atoms with E-state index < -0.39 is 0 Å². The van der Waals surface area contributed by atoms with Crippen molar-refractivity contribution in [3.8, 4) is 0 Å². The first-order chi connectivity index (χ1) is 4.33. The monoisotopic (exact) mass is 127 g/mol. The quantitative estimate of drug-likeness (QED) is 0.387. The van der Waals surface area contributed by atoms with Crippen LogP contribution in [0.3, 0.4) is 0 Å². The molecule has 1 aliphatic carbocycles. The molecule has 1 saturated carbocycles. The van der Waals surface area contributed by atoms with Gasteiger partial charge in [0.15, 0.2) is 5.96 Å². The Morgan fingerprint density at radius 2 is 2.33 bits per heavy atom. The predicted molar refractivity (Wildman–Crippen MR) is 38.3 cm³/mol. The first-order valence-corrected chi connectivity index (χ1v) is 3.31. The van der Waals surface area contributed by atoms with E-state index >= 15 is 0 Å². The Hall–Kier alpha value is -0.730. The maximum absolute atomic E-state index is 5.42. The van der Waals surface area contributed by atoms with Crippen molar-refractivity contribution in [2.75, 3.05) is 7.05 Å². The van der Waals surface area contributed by atoms with Crippen LogP contribution in [0, 0.1) is 0 Å². The fourth-order valence-electron chi connectivity index (χ4n) is 0.826. The maximum Gasteiger partial charge on any atom is 0.188 e. The first-order valence-electron chi connectivity index (χ1n) is 3.31. The third-order valence-corrected chi connectivity index (χ3v) is 1.70. The normalized spacial score (nSPS) is 21.2. The van der Waals surface area contributed by atoms with Gasteiger partial charge in [-0.15, -0.1) is 0 Å². The van der Waals surface area contributed by atoms with E-state index in [0.717, 1.165) is 0 Å². The lowest BCUT2D eigenvalue weighted by Crippen LogP contribution is -2.43. The van der Waals surface area contributed by atoms with Crippen molar-refractivity contribution in [2.24, 2.45) is 10.7 Å². The Morgan fingerprint density at radius 3 is 2.67 bits per heavy atom. The molecule has 3 heteroatoms. The van der Waals surface area contributed by atoms with Gasteiger partial charge in [-0.05, 0) is 19.3 Å². The standard InChI is InChI=1S/C6H13N3/c1-8-6(7)9-5-3-2-4-5/h5H,2-4H2,1H3,(H3,7,8,9). The zero-order chi connectivity index (χ0) is 6.69. The van der Waals surface area contributed by atoms with Gasteiger partial charge in [0.05, 0.1) is 0 Å². The molecule has 0 saturated heterocycles.